The molecule has 53 heavy (non-hydrogen) atoms. The molecule has 0 aliphatic carbocycles. The second kappa shape index (κ2) is 17.5. The maximum atomic E-state index is 13.5. The predicted molar refractivity (Wildman–Crippen MR) is 214 cm³/mol. The highest BCUT2D eigenvalue weighted by molar-refractivity contribution is 9.10. The number of aromatic nitrogens is 4. The summed E-state index contributed by atoms with van der Waals surface area (Å²) in [4.78, 5) is 36.4. The Hall–Kier alpha value is -3.88. The van der Waals surface area contributed by atoms with Crippen molar-refractivity contribution < 1.29 is 23.9 Å². The summed E-state index contributed by atoms with van der Waals surface area (Å²) in [7, 11) is -1.08. The van der Waals surface area contributed by atoms with Gasteiger partial charge in [0.05, 0.1) is 53.4 Å². The molecule has 16 heteroatoms. The predicted octanol–water partition coefficient (Wildman–Crippen LogP) is 5.57. The normalized spacial score (nSPS) is 16.2. The lowest BCUT2D eigenvalue weighted by Crippen LogP contribution is -2.53. The molecule has 2 fully saturated rings. The Kier molecular flexibility index (Phi) is 12.8. The summed E-state index contributed by atoms with van der Waals surface area (Å²) >= 11 is 3.58. The third-order valence-corrected chi connectivity index (χ3v) is 12.0. The highest BCUT2D eigenvalue weighted by Gasteiger charge is 2.29. The van der Waals surface area contributed by atoms with Crippen LogP contribution in [-0.4, -0.2) is 126 Å². The number of piperazine rings is 1. The summed E-state index contributed by atoms with van der Waals surface area (Å²) in [5.74, 6) is 0.778. The third kappa shape index (κ3) is 9.63. The molecule has 0 unspecified atom stereocenters. The monoisotopic (exact) mass is 809 g/mol. The van der Waals surface area contributed by atoms with Crippen LogP contribution in [-0.2, 0) is 20.5 Å². The molecule has 3 N–H and O–H groups in total. The van der Waals surface area contributed by atoms with E-state index >= 15 is 0 Å². The Bertz CT molecular complexity index is 1950. The number of carboxylic acids is 1. The zero-order chi connectivity index (χ0) is 37.5. The lowest BCUT2D eigenvalue weighted by molar-refractivity contribution is -0.138. The molecule has 0 amide bonds. The van der Waals surface area contributed by atoms with Crippen LogP contribution in [0.2, 0.25) is 0 Å². The van der Waals surface area contributed by atoms with Crippen LogP contribution in [0.5, 0.6) is 5.75 Å². The number of carboxylic acid groups (broad SMARTS) is 1. The zero-order valence-electron chi connectivity index (χ0n) is 30.8. The van der Waals surface area contributed by atoms with E-state index in [1.54, 1.807) is 39.0 Å². The van der Waals surface area contributed by atoms with E-state index < -0.39 is 13.1 Å². The molecule has 4 heterocycles. The van der Waals surface area contributed by atoms with Crippen LogP contribution < -0.4 is 25.6 Å². The average molecular weight is 811 g/mol. The van der Waals surface area contributed by atoms with Crippen LogP contribution in [0.3, 0.4) is 0 Å². The Morgan fingerprint density at radius 3 is 2.45 bits per heavy atom. The lowest BCUT2D eigenvalue weighted by Gasteiger charge is -2.43. The quantitative estimate of drug-likeness (QED) is 0.101. The van der Waals surface area contributed by atoms with Gasteiger partial charge in [0.1, 0.15) is 24.2 Å². The fourth-order valence-electron chi connectivity index (χ4n) is 7.17. The molecule has 2 aromatic heterocycles. The number of halogens is 1. The molecule has 0 bridgehead atoms. The SMILES string of the molecule is CCc1cc(Nc2ncc(Br)c(Nc3ccc4nccnc4c3P(C)(C)=O)n2)c(OC)cc1N1CCC(N2CCN(CCOCCC(=O)O)CC2)CC1. The number of piperidine rings is 1. The van der Waals surface area contributed by atoms with Crippen molar-refractivity contribution in [2.75, 3.05) is 95.0 Å². The topological polar surface area (TPSA) is 158 Å². The van der Waals surface area contributed by atoms with Crippen molar-refractivity contribution in [3.8, 4) is 5.75 Å². The number of anilines is 5. The molecular formula is C37H49BrN9O5P. The minimum atomic E-state index is -2.76. The highest BCUT2D eigenvalue weighted by Crippen LogP contribution is 2.42. The molecule has 14 nitrogen and oxygen atoms in total. The van der Waals surface area contributed by atoms with Gasteiger partial charge in [0, 0.05) is 82.2 Å². The van der Waals surface area contributed by atoms with Gasteiger partial charge in [-0.3, -0.25) is 24.6 Å². The number of methoxy groups -OCH3 is 1. The zero-order valence-corrected chi connectivity index (χ0v) is 33.3. The number of ether oxygens (including phenoxy) is 2. The number of rotatable bonds is 15. The Balaban J connectivity index is 1.10. The first-order valence-electron chi connectivity index (χ1n) is 18.1. The number of nitrogens with zero attached hydrogens (tertiary/aromatic N) is 7. The summed E-state index contributed by atoms with van der Waals surface area (Å²) in [5, 5.41) is 16.2. The molecule has 2 saturated heterocycles. The van der Waals surface area contributed by atoms with Crippen molar-refractivity contribution in [1.82, 2.24) is 29.7 Å². The fourth-order valence-corrected chi connectivity index (χ4v) is 8.85. The maximum absolute atomic E-state index is 13.5. The van der Waals surface area contributed by atoms with Crippen LogP contribution >= 0.6 is 23.1 Å². The van der Waals surface area contributed by atoms with Crippen molar-refractivity contribution in [1.29, 1.82) is 0 Å². The van der Waals surface area contributed by atoms with Crippen LogP contribution in [0.25, 0.3) is 11.0 Å². The van der Waals surface area contributed by atoms with Gasteiger partial charge in [-0.2, -0.15) is 4.98 Å². The van der Waals surface area contributed by atoms with Gasteiger partial charge < -0.3 is 34.7 Å². The Labute approximate surface area is 319 Å². The molecule has 2 aliphatic rings. The average Bonchev–Trinajstić information content (AvgIpc) is 3.15. The number of benzene rings is 2. The highest BCUT2D eigenvalue weighted by atomic mass is 79.9. The molecule has 4 aromatic rings. The van der Waals surface area contributed by atoms with Crippen LogP contribution in [0.4, 0.5) is 28.8 Å². The number of aliphatic carboxylic acids is 1. The van der Waals surface area contributed by atoms with Crippen molar-refractivity contribution in [3.05, 3.63) is 52.9 Å². The van der Waals surface area contributed by atoms with Gasteiger partial charge in [0.2, 0.25) is 5.95 Å². The largest absolute Gasteiger partial charge is 0.494 e. The van der Waals surface area contributed by atoms with Gasteiger partial charge in [-0.15, -0.1) is 0 Å². The number of aryl methyl sites for hydroxylation is 1. The Morgan fingerprint density at radius 1 is 1.00 bits per heavy atom. The third-order valence-electron chi connectivity index (χ3n) is 9.92. The van der Waals surface area contributed by atoms with Gasteiger partial charge in [-0.05, 0) is 72.3 Å². The summed E-state index contributed by atoms with van der Waals surface area (Å²) in [6, 6.07) is 8.53. The summed E-state index contributed by atoms with van der Waals surface area (Å²) in [5.41, 5.74) is 5.10. The minimum absolute atomic E-state index is 0.0522. The van der Waals surface area contributed by atoms with Crippen LogP contribution in [0.1, 0.15) is 31.7 Å². The first-order valence-corrected chi connectivity index (χ1v) is 21.5. The van der Waals surface area contributed by atoms with Gasteiger partial charge in [0.15, 0.2) is 0 Å². The minimum Gasteiger partial charge on any atom is -0.494 e. The second-order valence-electron chi connectivity index (χ2n) is 13.8. The van der Waals surface area contributed by atoms with Gasteiger partial charge >= 0.3 is 5.97 Å². The second-order valence-corrected chi connectivity index (χ2v) is 17.8. The summed E-state index contributed by atoms with van der Waals surface area (Å²) in [6.45, 7) is 13.4. The molecule has 2 aromatic carbocycles. The lowest BCUT2D eigenvalue weighted by atomic mass is 9.99. The molecule has 284 valence electrons. The maximum Gasteiger partial charge on any atom is 0.305 e. The molecule has 2 aliphatic heterocycles. The molecule has 0 saturated carbocycles. The van der Waals surface area contributed by atoms with Crippen molar-refractivity contribution in [2.24, 2.45) is 0 Å². The molecule has 0 spiro atoms. The summed E-state index contributed by atoms with van der Waals surface area (Å²) in [6.07, 6.45) is 8.02. The van der Waals surface area contributed by atoms with Gasteiger partial charge in [0.25, 0.3) is 0 Å². The number of hydrogen-bond acceptors (Lipinski definition) is 13. The fraction of sp³-hybridized carbons (Fsp3) is 0.486. The molecule has 6 rings (SSSR count). The first-order chi connectivity index (χ1) is 25.5. The van der Waals surface area contributed by atoms with E-state index in [0.29, 0.717) is 56.7 Å². The van der Waals surface area contributed by atoms with Gasteiger partial charge in [-0.25, -0.2) is 4.98 Å². The van der Waals surface area contributed by atoms with E-state index in [9.17, 15) is 9.36 Å². The van der Waals surface area contributed by atoms with Crippen LogP contribution in [0.15, 0.2) is 47.3 Å². The van der Waals surface area contributed by atoms with Gasteiger partial charge in [-0.1, -0.05) is 6.92 Å². The van der Waals surface area contributed by atoms with Crippen molar-refractivity contribution in [3.63, 3.8) is 0 Å². The number of nitrogens with one attached hydrogen (secondary N) is 2. The number of carbonyl (C=O) groups is 1. The molecular weight excluding hydrogens is 761 g/mol. The Morgan fingerprint density at radius 2 is 1.75 bits per heavy atom. The van der Waals surface area contributed by atoms with E-state index in [-0.39, 0.29) is 13.0 Å². The van der Waals surface area contributed by atoms with Crippen molar-refractivity contribution in [2.45, 2.75) is 38.6 Å². The van der Waals surface area contributed by atoms with Crippen molar-refractivity contribution >= 4 is 74.2 Å². The molecule has 0 radical (unpaired) electrons. The smallest absolute Gasteiger partial charge is 0.305 e. The van der Waals surface area contributed by atoms with E-state index in [1.165, 1.54) is 11.3 Å². The number of fused-ring (bicyclic) bond motifs is 1. The molecule has 0 atom stereocenters. The van der Waals surface area contributed by atoms with E-state index in [4.69, 9.17) is 19.6 Å². The first kappa shape index (κ1) is 38.8. The van der Waals surface area contributed by atoms with E-state index in [0.717, 1.165) is 70.8 Å². The van der Waals surface area contributed by atoms with Crippen LogP contribution in [0, 0.1) is 0 Å². The van der Waals surface area contributed by atoms with E-state index in [2.05, 4.69) is 75.3 Å². The summed E-state index contributed by atoms with van der Waals surface area (Å²) < 4.78 is 25.5. The standard InChI is InChI=1S/C37H49BrN9O5P/c1-5-25-22-30(43-37-41-24-27(38)36(44-37)42-29-7-6-28-34(40-12-11-39-28)35(29)53(3,4)50)32(51-2)23-31(25)47-13-8-26(9-14-47)46-17-15-45(16-18-46)19-21-52-20-10-33(48)49/h6-7,11-12,22-24,26H,5,8-10,13-21H2,1-4H3,(H,48,49)(H2,41,42,43,44). The van der Waals surface area contributed by atoms with E-state index in [1.807, 2.05) is 12.1 Å². The number of hydrogen-bond donors (Lipinski definition) is 3.